The van der Waals surface area contributed by atoms with E-state index in [4.69, 9.17) is 14.2 Å². The van der Waals surface area contributed by atoms with E-state index in [2.05, 4.69) is 6.07 Å². The van der Waals surface area contributed by atoms with Gasteiger partial charge in [-0.3, -0.25) is 4.79 Å². The molecule has 5 nitrogen and oxygen atoms in total. The summed E-state index contributed by atoms with van der Waals surface area (Å²) < 4.78 is 16.8. The molecular weight excluding hydrogens is 282 g/mol. The van der Waals surface area contributed by atoms with Gasteiger partial charge >= 0.3 is 0 Å². The molecule has 0 unspecified atom stereocenters. The van der Waals surface area contributed by atoms with E-state index < -0.39 is 0 Å². The molecule has 4 rings (SSSR count). The van der Waals surface area contributed by atoms with Crippen molar-refractivity contribution >= 4 is 5.91 Å². The van der Waals surface area contributed by atoms with Crippen LogP contribution in [-0.2, 0) is 9.53 Å². The monoisotopic (exact) mass is 303 g/mol. The molecule has 3 aliphatic heterocycles. The molecule has 3 heterocycles. The third-order valence-electron chi connectivity index (χ3n) is 4.69. The van der Waals surface area contributed by atoms with Gasteiger partial charge in [-0.05, 0) is 43.4 Å². The van der Waals surface area contributed by atoms with E-state index in [-0.39, 0.29) is 18.1 Å². The van der Waals surface area contributed by atoms with Crippen LogP contribution >= 0.6 is 0 Å². The second kappa shape index (κ2) is 5.80. The van der Waals surface area contributed by atoms with Crippen molar-refractivity contribution in [3.8, 4) is 11.5 Å². The van der Waals surface area contributed by atoms with Crippen molar-refractivity contribution in [3.05, 3.63) is 23.8 Å². The smallest absolute Gasteiger partial charge is 0.252 e. The molecule has 2 saturated heterocycles. The fraction of sp³-hybridized carbons (Fsp3) is 0.588. The van der Waals surface area contributed by atoms with Gasteiger partial charge in [0, 0.05) is 13.2 Å². The van der Waals surface area contributed by atoms with Crippen LogP contribution in [0.25, 0.3) is 0 Å². The number of nitrogens with zero attached hydrogens (tertiary/aromatic N) is 1. The minimum atomic E-state index is -0.238. The first-order valence-corrected chi connectivity index (χ1v) is 8.14. The molecule has 0 radical (unpaired) electrons. The Kier molecular flexibility index (Phi) is 3.66. The summed E-state index contributed by atoms with van der Waals surface area (Å²) in [4.78, 5) is 14.7. The fourth-order valence-corrected chi connectivity index (χ4v) is 3.60. The summed E-state index contributed by atoms with van der Waals surface area (Å²) in [6, 6.07) is 6.17. The van der Waals surface area contributed by atoms with Crippen molar-refractivity contribution in [2.75, 3.05) is 26.4 Å². The summed E-state index contributed by atoms with van der Waals surface area (Å²) in [6.45, 7) is 2.70. The second-order valence-electron chi connectivity index (χ2n) is 6.09. The molecule has 1 aromatic carbocycles. The molecule has 0 aliphatic carbocycles. The summed E-state index contributed by atoms with van der Waals surface area (Å²) in [7, 11) is 0. The zero-order chi connectivity index (χ0) is 14.9. The highest BCUT2D eigenvalue weighted by molar-refractivity contribution is 5.82. The Labute approximate surface area is 130 Å². The van der Waals surface area contributed by atoms with Crippen molar-refractivity contribution in [1.29, 1.82) is 0 Å². The third-order valence-corrected chi connectivity index (χ3v) is 4.69. The van der Waals surface area contributed by atoms with Crippen molar-refractivity contribution in [1.82, 2.24) is 4.90 Å². The zero-order valence-corrected chi connectivity index (χ0v) is 12.6. The molecule has 22 heavy (non-hydrogen) atoms. The Morgan fingerprint density at radius 1 is 1.05 bits per heavy atom. The van der Waals surface area contributed by atoms with E-state index in [1.807, 2.05) is 17.0 Å². The van der Waals surface area contributed by atoms with Crippen LogP contribution in [0.2, 0.25) is 0 Å². The zero-order valence-electron chi connectivity index (χ0n) is 12.6. The van der Waals surface area contributed by atoms with Gasteiger partial charge in [0.2, 0.25) is 0 Å². The van der Waals surface area contributed by atoms with Gasteiger partial charge in [0.1, 0.15) is 19.3 Å². The first-order valence-electron chi connectivity index (χ1n) is 8.14. The number of ether oxygens (including phenoxy) is 3. The van der Waals surface area contributed by atoms with Crippen LogP contribution in [0.1, 0.15) is 37.3 Å². The number of rotatable bonds is 2. The van der Waals surface area contributed by atoms with Crippen LogP contribution in [0.3, 0.4) is 0 Å². The molecule has 5 heteroatoms. The van der Waals surface area contributed by atoms with E-state index in [1.165, 1.54) is 0 Å². The SMILES string of the molecule is O=C([C@H]1CCCO1)N1CCC[C@@H]1c1ccc2c(c1)OCCO2. The van der Waals surface area contributed by atoms with Crippen molar-refractivity contribution in [2.24, 2.45) is 0 Å². The minimum Gasteiger partial charge on any atom is -0.486 e. The number of carbonyl (C=O) groups excluding carboxylic acids is 1. The molecule has 2 fully saturated rings. The maximum absolute atomic E-state index is 12.7. The molecule has 1 aromatic rings. The number of fused-ring (bicyclic) bond motifs is 1. The predicted octanol–water partition coefficient (Wildman–Crippen LogP) is 2.30. The Hall–Kier alpha value is -1.75. The molecule has 0 bridgehead atoms. The predicted molar refractivity (Wildman–Crippen MR) is 80.1 cm³/mol. The Balaban J connectivity index is 1.56. The Morgan fingerprint density at radius 3 is 2.73 bits per heavy atom. The average Bonchev–Trinajstić information content (AvgIpc) is 3.25. The molecule has 0 spiro atoms. The molecule has 0 N–H and O–H groups in total. The van der Waals surface area contributed by atoms with Crippen LogP contribution in [-0.4, -0.2) is 43.3 Å². The van der Waals surface area contributed by atoms with E-state index in [0.717, 1.165) is 49.3 Å². The maximum Gasteiger partial charge on any atom is 0.252 e. The molecule has 0 saturated carbocycles. The first kappa shape index (κ1) is 13.9. The van der Waals surface area contributed by atoms with Gasteiger partial charge in [0.15, 0.2) is 11.5 Å². The molecule has 3 aliphatic rings. The number of amides is 1. The van der Waals surface area contributed by atoms with E-state index >= 15 is 0 Å². The number of likely N-dealkylation sites (tertiary alicyclic amines) is 1. The van der Waals surface area contributed by atoms with Gasteiger partial charge in [-0.25, -0.2) is 0 Å². The fourth-order valence-electron chi connectivity index (χ4n) is 3.60. The highest BCUT2D eigenvalue weighted by Crippen LogP contribution is 2.38. The highest BCUT2D eigenvalue weighted by Gasteiger charge is 2.36. The first-order chi connectivity index (χ1) is 10.8. The van der Waals surface area contributed by atoms with Gasteiger partial charge in [-0.15, -0.1) is 0 Å². The van der Waals surface area contributed by atoms with Gasteiger partial charge in [0.25, 0.3) is 5.91 Å². The Bertz CT molecular complexity index is 568. The number of hydrogen-bond donors (Lipinski definition) is 0. The third kappa shape index (κ3) is 2.43. The van der Waals surface area contributed by atoms with E-state index in [1.54, 1.807) is 0 Å². The van der Waals surface area contributed by atoms with Gasteiger partial charge < -0.3 is 19.1 Å². The number of carbonyl (C=O) groups is 1. The summed E-state index contributed by atoms with van der Waals surface area (Å²) in [5, 5.41) is 0. The van der Waals surface area contributed by atoms with Crippen LogP contribution in [0.15, 0.2) is 18.2 Å². The van der Waals surface area contributed by atoms with Crippen LogP contribution < -0.4 is 9.47 Å². The van der Waals surface area contributed by atoms with E-state index in [0.29, 0.717) is 19.8 Å². The Morgan fingerprint density at radius 2 is 1.91 bits per heavy atom. The summed E-state index contributed by atoms with van der Waals surface area (Å²) in [5.74, 6) is 1.74. The van der Waals surface area contributed by atoms with Crippen LogP contribution in [0, 0.1) is 0 Å². The number of hydrogen-bond acceptors (Lipinski definition) is 4. The topological polar surface area (TPSA) is 48.0 Å². The lowest BCUT2D eigenvalue weighted by atomic mass is 10.0. The summed E-state index contributed by atoms with van der Waals surface area (Å²) in [6.07, 6.45) is 3.63. The lowest BCUT2D eigenvalue weighted by molar-refractivity contribution is -0.141. The molecule has 0 aromatic heterocycles. The van der Waals surface area contributed by atoms with Crippen LogP contribution in [0.4, 0.5) is 0 Å². The highest BCUT2D eigenvalue weighted by atomic mass is 16.6. The average molecular weight is 303 g/mol. The molecule has 1 amide bonds. The van der Waals surface area contributed by atoms with Gasteiger partial charge in [0.05, 0.1) is 6.04 Å². The standard InChI is InChI=1S/C17H21NO4/c19-17(15-4-2-8-20-15)18-7-1-3-13(18)12-5-6-14-16(11-12)22-10-9-21-14/h5-6,11,13,15H,1-4,7-10H2/t13-,15-/m1/s1. The van der Waals surface area contributed by atoms with Gasteiger partial charge in [-0.2, -0.15) is 0 Å². The van der Waals surface area contributed by atoms with Crippen molar-refractivity contribution in [2.45, 2.75) is 37.8 Å². The summed E-state index contributed by atoms with van der Waals surface area (Å²) >= 11 is 0. The van der Waals surface area contributed by atoms with Crippen molar-refractivity contribution < 1.29 is 19.0 Å². The summed E-state index contributed by atoms with van der Waals surface area (Å²) in [5.41, 5.74) is 1.13. The lowest BCUT2D eigenvalue weighted by Crippen LogP contribution is -2.38. The molecule has 2 atom stereocenters. The van der Waals surface area contributed by atoms with Crippen molar-refractivity contribution in [3.63, 3.8) is 0 Å². The van der Waals surface area contributed by atoms with Gasteiger partial charge in [-0.1, -0.05) is 6.07 Å². The van der Waals surface area contributed by atoms with E-state index in [9.17, 15) is 4.79 Å². The molecular formula is C17H21NO4. The normalized spacial score (nSPS) is 27.2. The maximum atomic E-state index is 12.7. The largest absolute Gasteiger partial charge is 0.486 e. The second-order valence-corrected chi connectivity index (χ2v) is 6.09. The lowest BCUT2D eigenvalue weighted by Gasteiger charge is -2.28. The molecule has 118 valence electrons. The number of benzene rings is 1. The quantitative estimate of drug-likeness (QED) is 0.841. The minimum absolute atomic E-state index is 0.132. The van der Waals surface area contributed by atoms with Crippen LogP contribution in [0.5, 0.6) is 11.5 Å².